The molecule has 2 aliphatic heterocycles. The van der Waals surface area contributed by atoms with Gasteiger partial charge in [0.25, 0.3) is 0 Å². The fourth-order valence-corrected chi connectivity index (χ4v) is 2.27. The van der Waals surface area contributed by atoms with Crippen LogP contribution in [0.5, 0.6) is 5.75 Å². The van der Waals surface area contributed by atoms with E-state index < -0.39 is 36.9 Å². The van der Waals surface area contributed by atoms with Gasteiger partial charge in [0.1, 0.15) is 5.75 Å². The van der Waals surface area contributed by atoms with Crippen molar-refractivity contribution < 1.29 is 28.8 Å². The molecule has 0 unspecified atom stereocenters. The van der Waals surface area contributed by atoms with E-state index in [0.29, 0.717) is 5.75 Å². The SMILES string of the molecule is C[C@@H]1O[C@H](Oc2ccccc2)[C@@H](O)[C@@H]2OC(=O)O[C@@H]21. The zero-order valence-corrected chi connectivity index (χ0v) is 10.3. The second kappa shape index (κ2) is 4.71. The summed E-state index contributed by atoms with van der Waals surface area (Å²) in [6.45, 7) is 1.74. The van der Waals surface area contributed by atoms with Gasteiger partial charge in [-0.2, -0.15) is 0 Å². The zero-order valence-electron chi connectivity index (χ0n) is 10.3. The van der Waals surface area contributed by atoms with Crippen molar-refractivity contribution in [3.8, 4) is 5.75 Å². The molecule has 2 fully saturated rings. The molecule has 6 nitrogen and oxygen atoms in total. The molecule has 0 saturated carbocycles. The van der Waals surface area contributed by atoms with E-state index in [1.165, 1.54) is 0 Å². The van der Waals surface area contributed by atoms with Crippen molar-refractivity contribution >= 4 is 6.16 Å². The number of benzene rings is 1. The maximum absolute atomic E-state index is 11.1. The van der Waals surface area contributed by atoms with Crippen LogP contribution in [0.1, 0.15) is 6.92 Å². The summed E-state index contributed by atoms with van der Waals surface area (Å²) in [5.74, 6) is 0.572. The topological polar surface area (TPSA) is 74.2 Å². The average Bonchev–Trinajstić information content (AvgIpc) is 2.80. The van der Waals surface area contributed by atoms with Gasteiger partial charge in [-0.3, -0.25) is 0 Å². The quantitative estimate of drug-likeness (QED) is 0.807. The molecule has 6 heteroatoms. The molecule has 0 spiro atoms. The minimum absolute atomic E-state index is 0.409. The van der Waals surface area contributed by atoms with E-state index in [4.69, 9.17) is 18.9 Å². The highest BCUT2D eigenvalue weighted by Crippen LogP contribution is 2.31. The molecule has 102 valence electrons. The molecule has 0 amide bonds. The first kappa shape index (κ1) is 12.3. The van der Waals surface area contributed by atoms with Crippen LogP contribution in [0.25, 0.3) is 0 Å². The predicted molar refractivity (Wildman–Crippen MR) is 62.6 cm³/mol. The number of aliphatic hydroxyl groups excluding tert-OH is 1. The van der Waals surface area contributed by atoms with E-state index in [2.05, 4.69) is 0 Å². The van der Waals surface area contributed by atoms with Crippen molar-refractivity contribution in [1.29, 1.82) is 0 Å². The number of para-hydroxylation sites is 1. The summed E-state index contributed by atoms with van der Waals surface area (Å²) >= 11 is 0. The van der Waals surface area contributed by atoms with Gasteiger partial charge >= 0.3 is 6.16 Å². The van der Waals surface area contributed by atoms with Gasteiger partial charge in [0, 0.05) is 0 Å². The van der Waals surface area contributed by atoms with E-state index in [1.807, 2.05) is 18.2 Å². The van der Waals surface area contributed by atoms with Crippen LogP contribution >= 0.6 is 0 Å². The van der Waals surface area contributed by atoms with E-state index in [0.717, 1.165) is 0 Å². The van der Waals surface area contributed by atoms with Crippen LogP contribution in [-0.2, 0) is 14.2 Å². The Morgan fingerprint density at radius 2 is 1.84 bits per heavy atom. The molecule has 2 heterocycles. The van der Waals surface area contributed by atoms with Gasteiger partial charge in [0.15, 0.2) is 18.3 Å². The van der Waals surface area contributed by atoms with E-state index >= 15 is 0 Å². The van der Waals surface area contributed by atoms with E-state index in [-0.39, 0.29) is 0 Å². The van der Waals surface area contributed by atoms with Crippen LogP contribution in [0, 0.1) is 0 Å². The number of hydrogen-bond acceptors (Lipinski definition) is 6. The van der Waals surface area contributed by atoms with Crippen molar-refractivity contribution in [3.63, 3.8) is 0 Å². The zero-order chi connectivity index (χ0) is 13.4. The lowest BCUT2D eigenvalue weighted by atomic mass is 10.00. The lowest BCUT2D eigenvalue weighted by molar-refractivity contribution is -0.244. The summed E-state index contributed by atoms with van der Waals surface area (Å²) < 4.78 is 21.0. The number of carbonyl (C=O) groups excluding carboxylic acids is 1. The van der Waals surface area contributed by atoms with Crippen LogP contribution in [0.3, 0.4) is 0 Å². The molecule has 0 radical (unpaired) electrons. The number of rotatable bonds is 2. The Morgan fingerprint density at radius 1 is 1.16 bits per heavy atom. The standard InChI is InChI=1S/C13H14O6/c1-7-10-11(19-13(15)18-10)9(14)12(16-7)17-8-5-3-2-4-6-8/h2-7,9-12,14H,1H3/t7-,9-,10+,11-,12+/m0/s1. The van der Waals surface area contributed by atoms with Gasteiger partial charge in [-0.25, -0.2) is 4.79 Å². The molecule has 0 aliphatic carbocycles. The van der Waals surface area contributed by atoms with Gasteiger partial charge in [0.2, 0.25) is 6.29 Å². The highest BCUT2D eigenvalue weighted by molar-refractivity contribution is 5.63. The minimum Gasteiger partial charge on any atom is -0.462 e. The molecule has 1 N–H and O–H groups in total. The van der Waals surface area contributed by atoms with Gasteiger partial charge in [-0.15, -0.1) is 0 Å². The highest BCUT2D eigenvalue weighted by Gasteiger charge is 2.53. The lowest BCUT2D eigenvalue weighted by Gasteiger charge is -2.37. The fraction of sp³-hybridized carbons (Fsp3) is 0.462. The largest absolute Gasteiger partial charge is 0.509 e. The average molecular weight is 266 g/mol. The first-order chi connectivity index (χ1) is 9.15. The molecule has 1 aromatic rings. The fourth-order valence-electron chi connectivity index (χ4n) is 2.27. The Bertz CT molecular complexity index is 461. The Balaban J connectivity index is 1.75. The summed E-state index contributed by atoms with van der Waals surface area (Å²) in [5.41, 5.74) is 0. The van der Waals surface area contributed by atoms with Gasteiger partial charge in [0.05, 0.1) is 6.10 Å². The minimum atomic E-state index is -1.09. The summed E-state index contributed by atoms with van der Waals surface area (Å²) in [5, 5.41) is 10.1. The maximum Gasteiger partial charge on any atom is 0.509 e. The van der Waals surface area contributed by atoms with E-state index in [1.54, 1.807) is 19.1 Å². The molecular weight excluding hydrogens is 252 g/mol. The van der Waals surface area contributed by atoms with Crippen molar-refractivity contribution in [2.24, 2.45) is 0 Å². The van der Waals surface area contributed by atoms with Crippen LogP contribution < -0.4 is 4.74 Å². The molecule has 2 aliphatic rings. The van der Waals surface area contributed by atoms with Gasteiger partial charge in [-0.05, 0) is 19.1 Å². The Kier molecular flexibility index (Phi) is 3.04. The normalized spacial score (nSPS) is 37.2. The van der Waals surface area contributed by atoms with Gasteiger partial charge in [-0.1, -0.05) is 18.2 Å². The number of ether oxygens (including phenoxy) is 4. The first-order valence-electron chi connectivity index (χ1n) is 6.07. The Morgan fingerprint density at radius 3 is 2.58 bits per heavy atom. The molecule has 0 bridgehead atoms. The number of carbonyl (C=O) groups is 1. The van der Waals surface area contributed by atoms with Crippen LogP contribution in [0.2, 0.25) is 0 Å². The Labute approximate surface area is 109 Å². The lowest BCUT2D eigenvalue weighted by Crippen LogP contribution is -2.57. The summed E-state index contributed by atoms with van der Waals surface area (Å²) in [7, 11) is 0. The van der Waals surface area contributed by atoms with Crippen molar-refractivity contribution in [3.05, 3.63) is 30.3 Å². The van der Waals surface area contributed by atoms with Crippen molar-refractivity contribution in [2.75, 3.05) is 0 Å². The summed E-state index contributed by atoms with van der Waals surface area (Å²) in [6.07, 6.45) is -4.54. The predicted octanol–water partition coefficient (Wildman–Crippen LogP) is 1.08. The monoisotopic (exact) mass is 266 g/mol. The van der Waals surface area contributed by atoms with Crippen LogP contribution in [0.15, 0.2) is 30.3 Å². The number of aliphatic hydroxyl groups is 1. The van der Waals surface area contributed by atoms with E-state index in [9.17, 15) is 9.90 Å². The molecule has 3 rings (SSSR count). The molecule has 5 atom stereocenters. The van der Waals surface area contributed by atoms with Crippen molar-refractivity contribution in [1.82, 2.24) is 0 Å². The molecule has 1 aromatic carbocycles. The maximum atomic E-state index is 11.1. The number of fused-ring (bicyclic) bond motifs is 1. The third-order valence-electron chi connectivity index (χ3n) is 3.21. The summed E-state index contributed by atoms with van der Waals surface area (Å²) in [4.78, 5) is 11.1. The number of hydrogen-bond donors (Lipinski definition) is 1. The summed E-state index contributed by atoms with van der Waals surface area (Å²) in [6, 6.07) is 9.00. The van der Waals surface area contributed by atoms with Crippen LogP contribution in [-0.4, -0.2) is 42.0 Å². The van der Waals surface area contributed by atoms with Crippen molar-refractivity contribution in [2.45, 2.75) is 37.6 Å². The van der Waals surface area contributed by atoms with Gasteiger partial charge < -0.3 is 24.1 Å². The smallest absolute Gasteiger partial charge is 0.462 e. The highest BCUT2D eigenvalue weighted by atomic mass is 16.8. The first-order valence-corrected chi connectivity index (χ1v) is 6.07. The van der Waals surface area contributed by atoms with Crippen LogP contribution in [0.4, 0.5) is 4.79 Å². The molecule has 2 saturated heterocycles. The second-order valence-corrected chi connectivity index (χ2v) is 4.55. The third kappa shape index (κ3) is 2.24. The Hall–Kier alpha value is -1.79. The molecular formula is C13H14O6. The molecule has 19 heavy (non-hydrogen) atoms. The molecule has 0 aromatic heterocycles. The third-order valence-corrected chi connectivity index (χ3v) is 3.21. The second-order valence-electron chi connectivity index (χ2n) is 4.55.